The van der Waals surface area contributed by atoms with Crippen LogP contribution in [0.25, 0.3) is 10.8 Å². The van der Waals surface area contributed by atoms with Gasteiger partial charge in [0.25, 0.3) is 5.91 Å². The molecule has 3 atom stereocenters. The average molecular weight is 331 g/mol. The van der Waals surface area contributed by atoms with E-state index in [1.165, 1.54) is 0 Å². The highest BCUT2D eigenvalue weighted by Crippen LogP contribution is 2.40. The Balaban J connectivity index is 1.70. The molecule has 0 aromatic heterocycles. The number of likely N-dealkylation sites (tertiary alicyclic amines) is 1. The molecule has 2 aliphatic rings. The molecule has 2 aromatic carbocycles. The molecule has 120 valence electrons. The number of hydrogen-bond acceptors (Lipinski definition) is 3. The molecule has 3 unspecified atom stereocenters. The number of carbonyl (C=O) groups is 1. The van der Waals surface area contributed by atoms with Crippen molar-refractivity contribution in [1.29, 1.82) is 0 Å². The molecular formula is C18H19ClN2O2. The predicted octanol–water partition coefficient (Wildman–Crippen LogP) is 3.01. The minimum absolute atomic E-state index is 0.0105. The van der Waals surface area contributed by atoms with E-state index in [1.54, 1.807) is 12.1 Å². The van der Waals surface area contributed by atoms with Gasteiger partial charge in [0.1, 0.15) is 5.75 Å². The van der Waals surface area contributed by atoms with Crippen LogP contribution in [0, 0.1) is 11.8 Å². The van der Waals surface area contributed by atoms with Crippen LogP contribution in [0.5, 0.6) is 5.75 Å². The molecule has 1 aliphatic carbocycles. The maximum absolute atomic E-state index is 12.9. The van der Waals surface area contributed by atoms with Gasteiger partial charge >= 0.3 is 0 Å². The monoisotopic (exact) mass is 330 g/mol. The number of halogens is 1. The fraction of sp³-hybridized carbons (Fsp3) is 0.389. The van der Waals surface area contributed by atoms with Crippen LogP contribution < -0.4 is 5.73 Å². The predicted molar refractivity (Wildman–Crippen MR) is 90.7 cm³/mol. The standard InChI is InChI=1S/C18H19ClN2O2/c19-15-7-13(17(22)12-4-2-1-3-11(12)15)18(23)21-8-10-5-6-16(20)14(10)9-21/h1-4,7,10,14,16,22H,5-6,8-9,20H2. The Kier molecular flexibility index (Phi) is 3.47. The maximum atomic E-state index is 12.9. The molecule has 4 rings (SSSR count). The molecule has 2 fully saturated rings. The van der Waals surface area contributed by atoms with Crippen molar-refractivity contribution >= 4 is 28.3 Å². The minimum Gasteiger partial charge on any atom is -0.506 e. The van der Waals surface area contributed by atoms with E-state index >= 15 is 0 Å². The molecule has 2 aromatic rings. The second-order valence-electron chi connectivity index (χ2n) is 6.68. The van der Waals surface area contributed by atoms with Crippen molar-refractivity contribution in [3.05, 3.63) is 40.9 Å². The lowest BCUT2D eigenvalue weighted by Crippen LogP contribution is -2.33. The lowest BCUT2D eigenvalue weighted by atomic mass is 9.98. The van der Waals surface area contributed by atoms with Crippen molar-refractivity contribution in [2.24, 2.45) is 17.6 Å². The van der Waals surface area contributed by atoms with Gasteiger partial charge in [0.2, 0.25) is 0 Å². The smallest absolute Gasteiger partial charge is 0.257 e. The molecule has 0 radical (unpaired) electrons. The van der Waals surface area contributed by atoms with E-state index in [0.717, 1.165) is 24.8 Å². The molecule has 4 nitrogen and oxygen atoms in total. The highest BCUT2D eigenvalue weighted by Gasteiger charge is 2.43. The van der Waals surface area contributed by atoms with Gasteiger partial charge in [0.05, 0.1) is 5.56 Å². The van der Waals surface area contributed by atoms with Crippen LogP contribution in [-0.2, 0) is 0 Å². The first kappa shape index (κ1) is 14.8. The Labute approximate surface area is 139 Å². The molecule has 3 N–H and O–H groups in total. The van der Waals surface area contributed by atoms with E-state index in [9.17, 15) is 9.90 Å². The van der Waals surface area contributed by atoms with Gasteiger partial charge in [-0.2, -0.15) is 0 Å². The summed E-state index contributed by atoms with van der Waals surface area (Å²) in [6.45, 7) is 1.40. The van der Waals surface area contributed by atoms with E-state index in [2.05, 4.69) is 0 Å². The molecular weight excluding hydrogens is 312 g/mol. The fourth-order valence-corrected chi connectivity index (χ4v) is 4.40. The summed E-state index contributed by atoms with van der Waals surface area (Å²) in [6, 6.07) is 9.07. The number of nitrogens with two attached hydrogens (primary N) is 1. The zero-order chi connectivity index (χ0) is 16.1. The van der Waals surface area contributed by atoms with Crippen molar-refractivity contribution < 1.29 is 9.90 Å². The number of hydrogen-bond donors (Lipinski definition) is 2. The highest BCUT2D eigenvalue weighted by atomic mass is 35.5. The largest absolute Gasteiger partial charge is 0.506 e. The van der Waals surface area contributed by atoms with E-state index in [0.29, 0.717) is 28.8 Å². The normalized spacial score (nSPS) is 26.7. The molecule has 0 bridgehead atoms. The fourth-order valence-electron chi connectivity index (χ4n) is 4.12. The lowest BCUT2D eigenvalue weighted by Gasteiger charge is -2.20. The van der Waals surface area contributed by atoms with E-state index in [4.69, 9.17) is 17.3 Å². The number of aromatic hydroxyl groups is 1. The van der Waals surface area contributed by atoms with E-state index in [-0.39, 0.29) is 23.3 Å². The first-order valence-electron chi connectivity index (χ1n) is 8.01. The van der Waals surface area contributed by atoms with Crippen LogP contribution in [0.3, 0.4) is 0 Å². The third-order valence-electron chi connectivity index (χ3n) is 5.40. The summed E-state index contributed by atoms with van der Waals surface area (Å²) in [5.74, 6) is 0.733. The van der Waals surface area contributed by atoms with Crippen molar-refractivity contribution in [3.8, 4) is 5.75 Å². The van der Waals surface area contributed by atoms with Crippen LogP contribution >= 0.6 is 11.6 Å². The van der Waals surface area contributed by atoms with Crippen LogP contribution in [0.4, 0.5) is 0 Å². The number of amides is 1. The summed E-state index contributed by atoms with van der Waals surface area (Å²) in [7, 11) is 0. The quantitative estimate of drug-likeness (QED) is 0.844. The number of phenolic OH excluding ortho intramolecular Hbond substituents is 1. The topological polar surface area (TPSA) is 66.6 Å². The van der Waals surface area contributed by atoms with Gasteiger partial charge in [0.15, 0.2) is 0 Å². The minimum atomic E-state index is -0.156. The van der Waals surface area contributed by atoms with Gasteiger partial charge in [-0.25, -0.2) is 0 Å². The zero-order valence-corrected chi connectivity index (χ0v) is 13.5. The molecule has 5 heteroatoms. The second-order valence-corrected chi connectivity index (χ2v) is 7.08. The summed E-state index contributed by atoms with van der Waals surface area (Å²) in [5.41, 5.74) is 6.42. The lowest BCUT2D eigenvalue weighted by molar-refractivity contribution is 0.0777. The number of benzene rings is 2. The van der Waals surface area contributed by atoms with Crippen molar-refractivity contribution in [2.45, 2.75) is 18.9 Å². The van der Waals surface area contributed by atoms with Crippen molar-refractivity contribution in [2.75, 3.05) is 13.1 Å². The Bertz CT molecular complexity index is 792. The summed E-state index contributed by atoms with van der Waals surface area (Å²) in [6.07, 6.45) is 2.13. The van der Waals surface area contributed by atoms with Gasteiger partial charge < -0.3 is 15.7 Å². The molecule has 23 heavy (non-hydrogen) atoms. The van der Waals surface area contributed by atoms with Crippen molar-refractivity contribution in [1.82, 2.24) is 4.90 Å². The van der Waals surface area contributed by atoms with Gasteiger partial charge in [-0.15, -0.1) is 0 Å². The number of phenols is 1. The maximum Gasteiger partial charge on any atom is 0.257 e. The molecule has 1 heterocycles. The molecule has 1 amide bonds. The summed E-state index contributed by atoms with van der Waals surface area (Å²) < 4.78 is 0. The SMILES string of the molecule is NC1CCC2CN(C(=O)c3cc(Cl)c4ccccc4c3O)CC12. The van der Waals surface area contributed by atoms with Crippen LogP contribution in [-0.4, -0.2) is 35.0 Å². The van der Waals surface area contributed by atoms with Crippen molar-refractivity contribution in [3.63, 3.8) is 0 Å². The molecule has 1 saturated heterocycles. The van der Waals surface area contributed by atoms with Crippen LogP contribution in [0.1, 0.15) is 23.2 Å². The third kappa shape index (κ3) is 2.28. The molecule has 0 spiro atoms. The third-order valence-corrected chi connectivity index (χ3v) is 5.71. The number of rotatable bonds is 1. The number of carbonyl (C=O) groups excluding carboxylic acids is 1. The van der Waals surface area contributed by atoms with Gasteiger partial charge in [-0.3, -0.25) is 4.79 Å². The number of fused-ring (bicyclic) bond motifs is 2. The molecule has 1 saturated carbocycles. The molecule has 1 aliphatic heterocycles. The van der Waals surface area contributed by atoms with Crippen LogP contribution in [0.15, 0.2) is 30.3 Å². The Morgan fingerprint density at radius 3 is 2.70 bits per heavy atom. The Morgan fingerprint density at radius 1 is 1.22 bits per heavy atom. The Morgan fingerprint density at radius 2 is 1.96 bits per heavy atom. The highest BCUT2D eigenvalue weighted by molar-refractivity contribution is 6.36. The zero-order valence-electron chi connectivity index (χ0n) is 12.7. The van der Waals surface area contributed by atoms with Gasteiger partial charge in [-0.1, -0.05) is 35.9 Å². The second kappa shape index (κ2) is 5.39. The van der Waals surface area contributed by atoms with Gasteiger partial charge in [-0.05, 0) is 30.7 Å². The van der Waals surface area contributed by atoms with Crippen LogP contribution in [0.2, 0.25) is 5.02 Å². The Hall–Kier alpha value is -1.78. The van der Waals surface area contributed by atoms with Gasteiger partial charge in [0, 0.05) is 34.9 Å². The summed E-state index contributed by atoms with van der Waals surface area (Å²) >= 11 is 6.30. The number of nitrogens with zero attached hydrogens (tertiary/aromatic N) is 1. The summed E-state index contributed by atoms with van der Waals surface area (Å²) in [4.78, 5) is 14.7. The summed E-state index contributed by atoms with van der Waals surface area (Å²) in [5, 5.41) is 12.4. The van der Waals surface area contributed by atoms with E-state index < -0.39 is 0 Å². The first-order chi connectivity index (χ1) is 11.1. The first-order valence-corrected chi connectivity index (χ1v) is 8.39. The van der Waals surface area contributed by atoms with E-state index in [1.807, 2.05) is 23.1 Å². The average Bonchev–Trinajstić information content (AvgIpc) is 3.13.